The van der Waals surface area contributed by atoms with Gasteiger partial charge in [0, 0.05) is 6.04 Å². The van der Waals surface area contributed by atoms with Crippen LogP contribution >= 0.6 is 0 Å². The van der Waals surface area contributed by atoms with Crippen molar-refractivity contribution in [2.24, 2.45) is 17.8 Å². The molecule has 122 valence electrons. The number of ether oxygens (including phenoxy) is 1. The fourth-order valence-electron chi connectivity index (χ4n) is 2.76. The second-order valence-electron chi connectivity index (χ2n) is 7.22. The average Bonchev–Trinajstić information content (AvgIpc) is 3.11. The number of carbonyl (C=O) groups is 1. The number of halogens is 1. The Balaban J connectivity index is 2.04. The first-order valence-electron chi connectivity index (χ1n) is 7.47. The van der Waals surface area contributed by atoms with Crippen LogP contribution in [0, 0.1) is 17.8 Å². The summed E-state index contributed by atoms with van der Waals surface area (Å²) < 4.78 is 40.4. The minimum Gasteiger partial charge on any atom is -0.444 e. The van der Waals surface area contributed by atoms with E-state index in [-0.39, 0.29) is 23.8 Å². The molecule has 1 N–H and O–H groups in total. The molecule has 2 fully saturated rings. The van der Waals surface area contributed by atoms with Gasteiger partial charge in [-0.25, -0.2) is 4.79 Å². The van der Waals surface area contributed by atoms with Crippen molar-refractivity contribution < 1.29 is 21.8 Å². The lowest BCUT2D eigenvalue weighted by Crippen LogP contribution is -2.46. The molecule has 2 unspecified atom stereocenters. The number of rotatable bonds is 6. The summed E-state index contributed by atoms with van der Waals surface area (Å²) in [5.74, 6) is -0.421. The summed E-state index contributed by atoms with van der Waals surface area (Å²) in [5.41, 5.74) is -0.612. The van der Waals surface area contributed by atoms with Crippen LogP contribution in [0.2, 0.25) is 0 Å². The zero-order chi connectivity index (χ0) is 15.8. The van der Waals surface area contributed by atoms with Gasteiger partial charge in [0.1, 0.15) is 5.60 Å². The van der Waals surface area contributed by atoms with Crippen LogP contribution < -0.4 is 5.32 Å². The summed E-state index contributed by atoms with van der Waals surface area (Å²) in [5, 5.41) is 2.79. The molecular formula is C14H24FNO4S. The smallest absolute Gasteiger partial charge is 0.407 e. The number of nitrogens with one attached hydrogen (secondary N) is 1. The Labute approximate surface area is 125 Å². The van der Waals surface area contributed by atoms with E-state index in [0.717, 1.165) is 25.7 Å². The number of carbonyl (C=O) groups excluding carboxylic acids is 1. The third kappa shape index (κ3) is 5.80. The monoisotopic (exact) mass is 321 g/mol. The molecule has 0 aliphatic heterocycles. The predicted molar refractivity (Wildman–Crippen MR) is 77.0 cm³/mol. The molecule has 0 aromatic carbocycles. The molecule has 5 nitrogen and oxygen atoms in total. The zero-order valence-electron chi connectivity index (χ0n) is 12.8. The lowest BCUT2D eigenvalue weighted by atomic mass is 9.93. The van der Waals surface area contributed by atoms with Gasteiger partial charge >= 0.3 is 16.3 Å². The highest BCUT2D eigenvalue weighted by Gasteiger charge is 2.46. The first kappa shape index (κ1) is 16.5. The van der Waals surface area contributed by atoms with E-state index in [1.165, 1.54) is 0 Å². The Bertz CT molecular complexity index is 492. The Morgan fingerprint density at radius 2 is 1.76 bits per heavy atom. The van der Waals surface area contributed by atoms with Crippen molar-refractivity contribution in [1.82, 2.24) is 5.32 Å². The van der Waals surface area contributed by atoms with Crippen LogP contribution in [0.15, 0.2) is 0 Å². The summed E-state index contributed by atoms with van der Waals surface area (Å²) in [6.45, 7) is 5.30. The van der Waals surface area contributed by atoms with E-state index in [2.05, 4.69) is 5.32 Å². The maximum absolute atomic E-state index is 13.1. The van der Waals surface area contributed by atoms with E-state index in [1.807, 2.05) is 0 Å². The standard InChI is InChI=1S/C14H24FNO4S/c1-14(2,3)20-13(17)16-12(10-6-7-10)11(9-4-5-9)8-21(15,18)19/h9-12H,4-8H2,1-3H3,(H,16,17). The van der Waals surface area contributed by atoms with Crippen molar-refractivity contribution in [3.05, 3.63) is 0 Å². The minimum atomic E-state index is -4.54. The van der Waals surface area contributed by atoms with E-state index >= 15 is 0 Å². The van der Waals surface area contributed by atoms with Crippen molar-refractivity contribution in [2.45, 2.75) is 58.1 Å². The Hall–Kier alpha value is -0.850. The van der Waals surface area contributed by atoms with Crippen molar-refractivity contribution in [3.8, 4) is 0 Å². The minimum absolute atomic E-state index is 0.191. The third-order valence-corrected chi connectivity index (χ3v) is 4.68. The van der Waals surface area contributed by atoms with E-state index < -0.39 is 27.7 Å². The zero-order valence-corrected chi connectivity index (χ0v) is 13.6. The normalized spacial score (nSPS) is 22.5. The maximum atomic E-state index is 13.1. The predicted octanol–water partition coefficient (Wildman–Crippen LogP) is 2.62. The van der Waals surface area contributed by atoms with Gasteiger partial charge in [-0.1, -0.05) is 0 Å². The number of hydrogen-bond donors (Lipinski definition) is 1. The van der Waals surface area contributed by atoms with Crippen LogP contribution in [0.3, 0.4) is 0 Å². The van der Waals surface area contributed by atoms with Gasteiger partial charge in [-0.3, -0.25) is 0 Å². The molecule has 0 heterocycles. The molecule has 0 spiro atoms. The largest absolute Gasteiger partial charge is 0.444 e. The molecule has 0 aromatic rings. The summed E-state index contributed by atoms with van der Waals surface area (Å²) in [6, 6.07) is -0.308. The number of amides is 1. The van der Waals surface area contributed by atoms with E-state index in [0.29, 0.717) is 0 Å². The number of hydrogen-bond acceptors (Lipinski definition) is 4. The summed E-state index contributed by atoms with van der Waals surface area (Å²) in [4.78, 5) is 11.9. The lowest BCUT2D eigenvalue weighted by Gasteiger charge is -2.29. The van der Waals surface area contributed by atoms with Gasteiger partial charge in [-0.05, 0) is 64.2 Å². The highest BCUT2D eigenvalue weighted by Crippen LogP contribution is 2.45. The van der Waals surface area contributed by atoms with Gasteiger partial charge in [0.25, 0.3) is 0 Å². The molecule has 2 saturated carbocycles. The van der Waals surface area contributed by atoms with E-state index in [4.69, 9.17) is 4.74 Å². The SMILES string of the molecule is CC(C)(C)OC(=O)NC(C1CC1)C(CS(=O)(=O)F)C1CC1. The lowest BCUT2D eigenvalue weighted by molar-refractivity contribution is 0.0475. The molecule has 2 aliphatic rings. The van der Waals surface area contributed by atoms with Crippen molar-refractivity contribution in [2.75, 3.05) is 5.75 Å². The molecule has 21 heavy (non-hydrogen) atoms. The summed E-state index contributed by atoms with van der Waals surface area (Å²) in [7, 11) is -4.54. The van der Waals surface area contributed by atoms with Gasteiger partial charge in [0.2, 0.25) is 0 Å². The van der Waals surface area contributed by atoms with Crippen LogP contribution in [-0.4, -0.2) is 31.9 Å². The topological polar surface area (TPSA) is 72.5 Å². The molecule has 0 saturated heterocycles. The van der Waals surface area contributed by atoms with E-state index in [9.17, 15) is 17.1 Å². The van der Waals surface area contributed by atoms with Crippen molar-refractivity contribution in [1.29, 1.82) is 0 Å². The molecule has 1 amide bonds. The molecule has 2 aliphatic carbocycles. The van der Waals surface area contributed by atoms with Crippen LogP contribution in [0.4, 0.5) is 8.68 Å². The third-order valence-electron chi connectivity index (χ3n) is 3.89. The molecular weight excluding hydrogens is 297 g/mol. The fraction of sp³-hybridized carbons (Fsp3) is 0.929. The highest BCUT2D eigenvalue weighted by atomic mass is 32.3. The molecule has 2 rings (SSSR count). The molecule has 7 heteroatoms. The highest BCUT2D eigenvalue weighted by molar-refractivity contribution is 7.86. The second-order valence-corrected chi connectivity index (χ2v) is 8.63. The summed E-state index contributed by atoms with van der Waals surface area (Å²) in [6.07, 6.45) is 3.13. The van der Waals surface area contributed by atoms with Gasteiger partial charge in [0.05, 0.1) is 5.75 Å². The average molecular weight is 321 g/mol. The van der Waals surface area contributed by atoms with Crippen LogP contribution in [0.1, 0.15) is 46.5 Å². The molecule has 2 atom stereocenters. The van der Waals surface area contributed by atoms with Crippen molar-refractivity contribution in [3.63, 3.8) is 0 Å². The van der Waals surface area contributed by atoms with Crippen LogP contribution in [-0.2, 0) is 15.0 Å². The van der Waals surface area contributed by atoms with Gasteiger partial charge in [0.15, 0.2) is 0 Å². The Morgan fingerprint density at radius 1 is 1.24 bits per heavy atom. The Morgan fingerprint density at radius 3 is 2.14 bits per heavy atom. The summed E-state index contributed by atoms with van der Waals surface area (Å²) >= 11 is 0. The second kappa shape index (κ2) is 5.74. The molecule has 0 aromatic heterocycles. The fourth-order valence-corrected chi connectivity index (χ4v) is 3.70. The van der Waals surface area contributed by atoms with Crippen LogP contribution in [0.25, 0.3) is 0 Å². The van der Waals surface area contributed by atoms with E-state index in [1.54, 1.807) is 20.8 Å². The van der Waals surface area contributed by atoms with Gasteiger partial charge in [-0.2, -0.15) is 8.42 Å². The molecule has 0 bridgehead atoms. The number of alkyl carbamates (subject to hydrolysis) is 1. The Kier molecular flexibility index (Phi) is 4.52. The maximum Gasteiger partial charge on any atom is 0.407 e. The van der Waals surface area contributed by atoms with Crippen LogP contribution in [0.5, 0.6) is 0 Å². The first-order chi connectivity index (χ1) is 9.55. The van der Waals surface area contributed by atoms with Crippen molar-refractivity contribution >= 4 is 16.3 Å². The van der Waals surface area contributed by atoms with Gasteiger partial charge in [-0.15, -0.1) is 3.89 Å². The quantitative estimate of drug-likeness (QED) is 0.763. The van der Waals surface area contributed by atoms with Gasteiger partial charge < -0.3 is 10.1 Å². The molecule has 0 radical (unpaired) electrons. The first-order valence-corrected chi connectivity index (χ1v) is 9.02.